The van der Waals surface area contributed by atoms with E-state index < -0.39 is 17.7 Å². The van der Waals surface area contributed by atoms with Gasteiger partial charge in [-0.05, 0) is 32.0 Å². The van der Waals surface area contributed by atoms with Gasteiger partial charge in [-0.25, -0.2) is 8.78 Å². The molecule has 0 amide bonds. The van der Waals surface area contributed by atoms with Crippen LogP contribution < -0.4 is 0 Å². The van der Waals surface area contributed by atoms with Gasteiger partial charge in [0.25, 0.3) is 0 Å². The van der Waals surface area contributed by atoms with Crippen LogP contribution in [0.2, 0.25) is 0 Å². The van der Waals surface area contributed by atoms with Crippen molar-refractivity contribution in [2.75, 3.05) is 19.6 Å². The summed E-state index contributed by atoms with van der Waals surface area (Å²) in [5, 5.41) is 9.93. The van der Waals surface area contributed by atoms with Crippen molar-refractivity contribution in [1.82, 2.24) is 4.90 Å². The van der Waals surface area contributed by atoms with Crippen LogP contribution in [0, 0.1) is 11.6 Å². The van der Waals surface area contributed by atoms with Crippen molar-refractivity contribution in [3.63, 3.8) is 0 Å². The average Bonchev–Trinajstić information content (AvgIpc) is 2.34. The molecular weight excluding hydrogens is 224 g/mol. The van der Waals surface area contributed by atoms with E-state index in [0.717, 1.165) is 32.0 Å². The van der Waals surface area contributed by atoms with E-state index in [1.807, 2.05) is 0 Å². The summed E-state index contributed by atoms with van der Waals surface area (Å²) in [7, 11) is 0. The van der Waals surface area contributed by atoms with E-state index in [-0.39, 0.29) is 5.56 Å². The summed E-state index contributed by atoms with van der Waals surface area (Å²) in [4.78, 5) is 2.10. The lowest BCUT2D eigenvalue weighted by Gasteiger charge is -2.28. The molecule has 1 saturated heterocycles. The third-order valence-corrected chi connectivity index (χ3v) is 3.22. The van der Waals surface area contributed by atoms with Gasteiger partial charge in [-0.2, -0.15) is 0 Å². The fraction of sp³-hybridized carbons (Fsp3) is 0.538. The van der Waals surface area contributed by atoms with Crippen molar-refractivity contribution in [2.24, 2.45) is 0 Å². The van der Waals surface area contributed by atoms with Crippen LogP contribution in [0.1, 0.15) is 30.9 Å². The molecule has 1 aromatic carbocycles. The highest BCUT2D eigenvalue weighted by atomic mass is 19.2. The minimum Gasteiger partial charge on any atom is -0.387 e. The SMILES string of the molecule is OC(CN1CCCCC1)c1cccc(F)c1F. The van der Waals surface area contributed by atoms with Gasteiger partial charge >= 0.3 is 0 Å². The van der Waals surface area contributed by atoms with Gasteiger partial charge in [0.1, 0.15) is 0 Å². The van der Waals surface area contributed by atoms with E-state index in [2.05, 4.69) is 4.90 Å². The Morgan fingerprint density at radius 3 is 2.59 bits per heavy atom. The van der Waals surface area contributed by atoms with Gasteiger partial charge in [-0.1, -0.05) is 18.6 Å². The molecule has 4 heteroatoms. The second-order valence-corrected chi connectivity index (χ2v) is 4.52. The number of aliphatic hydroxyl groups is 1. The molecular formula is C13H17F2NO. The fourth-order valence-corrected chi connectivity index (χ4v) is 2.26. The van der Waals surface area contributed by atoms with Crippen molar-refractivity contribution >= 4 is 0 Å². The van der Waals surface area contributed by atoms with E-state index in [4.69, 9.17) is 0 Å². The van der Waals surface area contributed by atoms with E-state index in [1.54, 1.807) is 0 Å². The quantitative estimate of drug-likeness (QED) is 0.878. The Kier molecular flexibility index (Phi) is 4.07. The molecule has 94 valence electrons. The lowest BCUT2D eigenvalue weighted by Crippen LogP contribution is -2.33. The summed E-state index contributed by atoms with van der Waals surface area (Å²) >= 11 is 0. The molecule has 1 unspecified atom stereocenters. The first-order chi connectivity index (χ1) is 8.18. The van der Waals surface area contributed by atoms with Crippen LogP contribution in [0.4, 0.5) is 8.78 Å². The first-order valence-corrected chi connectivity index (χ1v) is 6.03. The van der Waals surface area contributed by atoms with E-state index >= 15 is 0 Å². The molecule has 17 heavy (non-hydrogen) atoms. The molecule has 0 aliphatic carbocycles. The molecule has 0 saturated carbocycles. The summed E-state index contributed by atoms with van der Waals surface area (Å²) < 4.78 is 26.5. The zero-order valence-electron chi connectivity index (χ0n) is 9.70. The Hall–Kier alpha value is -1.00. The van der Waals surface area contributed by atoms with E-state index in [9.17, 15) is 13.9 Å². The van der Waals surface area contributed by atoms with Crippen LogP contribution in [-0.2, 0) is 0 Å². The number of halogens is 2. The fourth-order valence-electron chi connectivity index (χ4n) is 2.26. The molecule has 1 fully saturated rings. The summed E-state index contributed by atoms with van der Waals surface area (Å²) in [6, 6.07) is 3.92. The Morgan fingerprint density at radius 2 is 1.88 bits per heavy atom. The van der Waals surface area contributed by atoms with Crippen molar-refractivity contribution in [1.29, 1.82) is 0 Å². The highest BCUT2D eigenvalue weighted by molar-refractivity contribution is 5.21. The van der Waals surface area contributed by atoms with Gasteiger partial charge in [0, 0.05) is 12.1 Å². The molecule has 1 aliphatic rings. The minimum absolute atomic E-state index is 0.0515. The lowest BCUT2D eigenvalue weighted by molar-refractivity contribution is 0.0982. The van der Waals surface area contributed by atoms with E-state index in [0.29, 0.717) is 6.54 Å². The third kappa shape index (κ3) is 3.01. The van der Waals surface area contributed by atoms with Crippen LogP contribution in [0.25, 0.3) is 0 Å². The van der Waals surface area contributed by atoms with Crippen molar-refractivity contribution in [3.05, 3.63) is 35.4 Å². The molecule has 0 bridgehead atoms. The second-order valence-electron chi connectivity index (χ2n) is 4.52. The van der Waals surface area contributed by atoms with Crippen LogP contribution in [0.5, 0.6) is 0 Å². The largest absolute Gasteiger partial charge is 0.387 e. The highest BCUT2D eigenvalue weighted by Crippen LogP contribution is 2.21. The van der Waals surface area contributed by atoms with Gasteiger partial charge in [0.15, 0.2) is 11.6 Å². The van der Waals surface area contributed by atoms with Gasteiger partial charge < -0.3 is 10.0 Å². The normalized spacial score (nSPS) is 19.2. The van der Waals surface area contributed by atoms with Crippen LogP contribution in [0.15, 0.2) is 18.2 Å². The van der Waals surface area contributed by atoms with Gasteiger partial charge in [-0.15, -0.1) is 0 Å². The monoisotopic (exact) mass is 241 g/mol. The molecule has 1 aromatic rings. The third-order valence-electron chi connectivity index (χ3n) is 3.22. The number of piperidine rings is 1. The van der Waals surface area contributed by atoms with Crippen molar-refractivity contribution in [2.45, 2.75) is 25.4 Å². The Bertz CT molecular complexity index is 378. The molecule has 2 nitrogen and oxygen atoms in total. The van der Waals surface area contributed by atoms with Gasteiger partial charge in [-0.3, -0.25) is 0 Å². The smallest absolute Gasteiger partial charge is 0.164 e. The number of β-amino-alcohol motifs (C(OH)–C–C–N with tert-alkyl or cyclic N) is 1. The number of hydrogen-bond acceptors (Lipinski definition) is 2. The van der Waals surface area contributed by atoms with Crippen molar-refractivity contribution < 1.29 is 13.9 Å². The molecule has 0 spiro atoms. The van der Waals surface area contributed by atoms with Crippen LogP contribution in [0.3, 0.4) is 0 Å². The van der Waals surface area contributed by atoms with Gasteiger partial charge in [0.2, 0.25) is 0 Å². The lowest BCUT2D eigenvalue weighted by atomic mass is 10.1. The maximum absolute atomic E-state index is 13.5. The Morgan fingerprint density at radius 1 is 1.18 bits per heavy atom. The first-order valence-electron chi connectivity index (χ1n) is 6.03. The molecule has 1 aliphatic heterocycles. The maximum atomic E-state index is 13.5. The summed E-state index contributed by atoms with van der Waals surface area (Å²) in [5.41, 5.74) is 0.0515. The van der Waals surface area contributed by atoms with E-state index in [1.165, 1.54) is 18.6 Å². The highest BCUT2D eigenvalue weighted by Gasteiger charge is 2.19. The summed E-state index contributed by atoms with van der Waals surface area (Å²) in [6.45, 7) is 2.22. The maximum Gasteiger partial charge on any atom is 0.164 e. The molecule has 1 heterocycles. The summed E-state index contributed by atoms with van der Waals surface area (Å²) in [6.07, 6.45) is 2.47. The number of aliphatic hydroxyl groups excluding tert-OH is 1. The average molecular weight is 241 g/mol. The number of nitrogens with zero attached hydrogens (tertiary/aromatic N) is 1. The standard InChI is InChI=1S/C13H17F2NO/c14-11-6-4-5-10(13(11)15)12(17)9-16-7-2-1-3-8-16/h4-6,12,17H,1-3,7-9H2. The minimum atomic E-state index is -0.955. The number of hydrogen-bond donors (Lipinski definition) is 1. The molecule has 0 radical (unpaired) electrons. The number of rotatable bonds is 3. The summed E-state index contributed by atoms with van der Waals surface area (Å²) in [5.74, 6) is -1.84. The zero-order valence-corrected chi connectivity index (χ0v) is 9.70. The first kappa shape index (κ1) is 12.5. The predicted octanol–water partition coefficient (Wildman–Crippen LogP) is 2.48. The molecule has 0 aromatic heterocycles. The second kappa shape index (κ2) is 5.56. The predicted molar refractivity (Wildman–Crippen MR) is 61.6 cm³/mol. The van der Waals surface area contributed by atoms with Gasteiger partial charge in [0.05, 0.1) is 6.10 Å². The Labute approximate surface area is 99.9 Å². The van der Waals surface area contributed by atoms with Crippen molar-refractivity contribution in [3.8, 4) is 0 Å². The van der Waals surface area contributed by atoms with Crippen LogP contribution >= 0.6 is 0 Å². The number of likely N-dealkylation sites (tertiary alicyclic amines) is 1. The number of benzene rings is 1. The zero-order chi connectivity index (χ0) is 12.3. The topological polar surface area (TPSA) is 23.5 Å². The Balaban J connectivity index is 2.03. The molecule has 1 atom stereocenters. The van der Waals surface area contributed by atoms with Crippen LogP contribution in [-0.4, -0.2) is 29.6 Å². The molecule has 2 rings (SSSR count). The molecule has 1 N–H and O–H groups in total.